The summed E-state index contributed by atoms with van der Waals surface area (Å²) in [5, 5.41) is 3.04. The van der Waals surface area contributed by atoms with Gasteiger partial charge in [0.2, 0.25) is 5.91 Å². The SMILES string of the molecule is CCOc1ccccc1NC(=O)CN(c1cc(Cl)ccc1OC)S(=O)(=O)c1ccc(C)cc1. The molecule has 9 heteroatoms. The zero-order valence-electron chi connectivity index (χ0n) is 18.5. The predicted molar refractivity (Wildman–Crippen MR) is 130 cm³/mol. The third kappa shape index (κ3) is 5.77. The molecule has 0 atom stereocenters. The Morgan fingerprint density at radius 1 is 1.03 bits per heavy atom. The summed E-state index contributed by atoms with van der Waals surface area (Å²) in [5.41, 5.74) is 1.50. The average Bonchev–Trinajstić information content (AvgIpc) is 2.79. The van der Waals surface area contributed by atoms with E-state index in [1.807, 2.05) is 13.8 Å². The Morgan fingerprint density at radius 2 is 1.73 bits per heavy atom. The summed E-state index contributed by atoms with van der Waals surface area (Å²) in [6, 6.07) is 17.9. The summed E-state index contributed by atoms with van der Waals surface area (Å²) in [6.07, 6.45) is 0. The summed E-state index contributed by atoms with van der Waals surface area (Å²) < 4.78 is 39.1. The highest BCUT2D eigenvalue weighted by Crippen LogP contribution is 2.35. The van der Waals surface area contributed by atoms with E-state index in [0.717, 1.165) is 9.87 Å². The van der Waals surface area contributed by atoms with E-state index in [-0.39, 0.29) is 16.3 Å². The van der Waals surface area contributed by atoms with Crippen molar-refractivity contribution >= 4 is 38.9 Å². The maximum Gasteiger partial charge on any atom is 0.264 e. The summed E-state index contributed by atoms with van der Waals surface area (Å²) >= 11 is 6.16. The number of ether oxygens (including phenoxy) is 2. The second-order valence-electron chi connectivity index (χ2n) is 7.12. The predicted octanol–water partition coefficient (Wildman–Crippen LogP) is 4.89. The van der Waals surface area contributed by atoms with Gasteiger partial charge in [0, 0.05) is 5.02 Å². The maximum absolute atomic E-state index is 13.6. The van der Waals surface area contributed by atoms with Crippen molar-refractivity contribution in [2.75, 3.05) is 29.9 Å². The van der Waals surface area contributed by atoms with E-state index < -0.39 is 22.5 Å². The highest BCUT2D eigenvalue weighted by atomic mass is 35.5. The van der Waals surface area contributed by atoms with Gasteiger partial charge in [0.05, 0.1) is 30.0 Å². The van der Waals surface area contributed by atoms with Crippen LogP contribution in [0.1, 0.15) is 12.5 Å². The van der Waals surface area contributed by atoms with Crippen LogP contribution in [0.4, 0.5) is 11.4 Å². The molecule has 0 aromatic heterocycles. The first-order valence-electron chi connectivity index (χ1n) is 10.2. The van der Waals surface area contributed by atoms with E-state index in [2.05, 4.69) is 5.32 Å². The van der Waals surface area contributed by atoms with Gasteiger partial charge >= 0.3 is 0 Å². The van der Waals surface area contributed by atoms with Crippen molar-refractivity contribution in [3.05, 3.63) is 77.3 Å². The van der Waals surface area contributed by atoms with Gasteiger partial charge in [0.25, 0.3) is 10.0 Å². The van der Waals surface area contributed by atoms with Crippen molar-refractivity contribution in [2.45, 2.75) is 18.7 Å². The molecule has 0 aliphatic heterocycles. The quantitative estimate of drug-likeness (QED) is 0.463. The minimum absolute atomic E-state index is 0.0395. The number of nitrogens with zero attached hydrogens (tertiary/aromatic N) is 1. The Kier molecular flexibility index (Phi) is 7.84. The average molecular weight is 489 g/mol. The van der Waals surface area contributed by atoms with Gasteiger partial charge in [-0.3, -0.25) is 9.10 Å². The van der Waals surface area contributed by atoms with Crippen LogP contribution in [-0.4, -0.2) is 34.6 Å². The van der Waals surface area contributed by atoms with Crippen molar-refractivity contribution < 1.29 is 22.7 Å². The van der Waals surface area contributed by atoms with Gasteiger partial charge < -0.3 is 14.8 Å². The molecule has 1 N–H and O–H groups in total. The number of halogens is 1. The molecule has 0 aliphatic carbocycles. The van der Waals surface area contributed by atoms with Crippen LogP contribution in [0.25, 0.3) is 0 Å². The molecule has 0 unspecified atom stereocenters. The highest BCUT2D eigenvalue weighted by molar-refractivity contribution is 7.92. The normalized spacial score (nSPS) is 11.0. The minimum Gasteiger partial charge on any atom is -0.495 e. The number of nitrogens with one attached hydrogen (secondary N) is 1. The Hall–Kier alpha value is -3.23. The molecule has 3 aromatic rings. The van der Waals surface area contributed by atoms with Gasteiger partial charge in [-0.05, 0) is 56.3 Å². The number of amides is 1. The number of carbonyl (C=O) groups excluding carboxylic acids is 1. The van der Waals surface area contributed by atoms with E-state index >= 15 is 0 Å². The molecular weight excluding hydrogens is 464 g/mol. The summed E-state index contributed by atoms with van der Waals surface area (Å²) in [7, 11) is -2.71. The Labute approximate surface area is 198 Å². The largest absolute Gasteiger partial charge is 0.495 e. The molecule has 0 fully saturated rings. The van der Waals surface area contributed by atoms with Crippen LogP contribution < -0.4 is 19.1 Å². The van der Waals surface area contributed by atoms with Gasteiger partial charge in [-0.1, -0.05) is 41.4 Å². The zero-order chi connectivity index (χ0) is 24.0. The molecule has 7 nitrogen and oxygen atoms in total. The molecule has 33 heavy (non-hydrogen) atoms. The summed E-state index contributed by atoms with van der Waals surface area (Å²) in [4.78, 5) is 13.1. The number of para-hydroxylation sites is 2. The Balaban J connectivity index is 2.02. The summed E-state index contributed by atoms with van der Waals surface area (Å²) in [5.74, 6) is 0.194. The maximum atomic E-state index is 13.6. The molecule has 3 rings (SSSR count). The molecule has 0 aliphatic rings. The highest BCUT2D eigenvalue weighted by Gasteiger charge is 2.30. The van der Waals surface area contributed by atoms with E-state index in [1.165, 1.54) is 25.3 Å². The fourth-order valence-corrected chi connectivity index (χ4v) is 4.76. The fraction of sp³-hybridized carbons (Fsp3) is 0.208. The fourth-order valence-electron chi connectivity index (χ4n) is 3.17. The van der Waals surface area contributed by atoms with Crippen LogP contribution in [0, 0.1) is 6.92 Å². The smallest absolute Gasteiger partial charge is 0.264 e. The first-order valence-corrected chi connectivity index (χ1v) is 12.0. The minimum atomic E-state index is -4.13. The van der Waals surface area contributed by atoms with E-state index in [4.69, 9.17) is 21.1 Å². The first-order chi connectivity index (χ1) is 15.8. The summed E-state index contributed by atoms with van der Waals surface area (Å²) in [6.45, 7) is 3.60. The second kappa shape index (κ2) is 10.6. The van der Waals surface area contributed by atoms with Crippen LogP contribution in [-0.2, 0) is 14.8 Å². The lowest BCUT2D eigenvalue weighted by molar-refractivity contribution is -0.114. The lowest BCUT2D eigenvalue weighted by atomic mass is 10.2. The van der Waals surface area contributed by atoms with Gasteiger partial charge in [0.1, 0.15) is 18.0 Å². The lowest BCUT2D eigenvalue weighted by Crippen LogP contribution is -2.38. The first kappa shape index (κ1) is 24.4. The van der Waals surface area contributed by atoms with E-state index in [0.29, 0.717) is 23.1 Å². The number of methoxy groups -OCH3 is 1. The van der Waals surface area contributed by atoms with Crippen LogP contribution in [0.2, 0.25) is 5.02 Å². The standard InChI is InChI=1S/C24H25ClN2O5S/c1-4-32-22-8-6-5-7-20(22)26-24(28)16-27(21-15-18(25)11-14-23(21)31-3)33(29,30)19-12-9-17(2)10-13-19/h5-15H,4,16H2,1-3H3,(H,26,28). The topological polar surface area (TPSA) is 84.9 Å². The van der Waals surface area contributed by atoms with E-state index in [9.17, 15) is 13.2 Å². The monoisotopic (exact) mass is 488 g/mol. The number of anilines is 2. The second-order valence-corrected chi connectivity index (χ2v) is 9.42. The van der Waals surface area contributed by atoms with Gasteiger partial charge in [-0.2, -0.15) is 0 Å². The number of hydrogen-bond acceptors (Lipinski definition) is 5. The number of rotatable bonds is 9. The Morgan fingerprint density at radius 3 is 2.39 bits per heavy atom. The van der Waals surface area contributed by atoms with Crippen molar-refractivity contribution in [1.29, 1.82) is 0 Å². The molecule has 0 saturated carbocycles. The van der Waals surface area contributed by atoms with Gasteiger partial charge in [0.15, 0.2) is 0 Å². The zero-order valence-corrected chi connectivity index (χ0v) is 20.1. The molecule has 174 valence electrons. The van der Waals surface area contributed by atoms with Crippen molar-refractivity contribution in [3.8, 4) is 11.5 Å². The molecule has 0 radical (unpaired) electrons. The molecule has 3 aromatic carbocycles. The van der Waals surface area contributed by atoms with Gasteiger partial charge in [-0.25, -0.2) is 8.42 Å². The molecular formula is C24H25ClN2O5S. The van der Waals surface area contributed by atoms with Crippen LogP contribution in [0.3, 0.4) is 0 Å². The van der Waals surface area contributed by atoms with Crippen LogP contribution in [0.15, 0.2) is 71.6 Å². The van der Waals surface area contributed by atoms with Gasteiger partial charge in [-0.15, -0.1) is 0 Å². The number of aryl methyl sites for hydroxylation is 1. The third-order valence-corrected chi connectivity index (χ3v) is 6.78. The van der Waals surface area contributed by atoms with Crippen molar-refractivity contribution in [3.63, 3.8) is 0 Å². The Bertz CT molecular complexity index is 1230. The van der Waals surface area contributed by atoms with E-state index in [1.54, 1.807) is 48.5 Å². The molecule has 0 bridgehead atoms. The van der Waals surface area contributed by atoms with Crippen molar-refractivity contribution in [1.82, 2.24) is 0 Å². The molecule has 0 spiro atoms. The number of carbonyl (C=O) groups is 1. The molecule has 1 amide bonds. The van der Waals surface area contributed by atoms with Crippen LogP contribution >= 0.6 is 11.6 Å². The number of sulfonamides is 1. The lowest BCUT2D eigenvalue weighted by Gasteiger charge is -2.26. The van der Waals surface area contributed by atoms with Crippen LogP contribution in [0.5, 0.6) is 11.5 Å². The number of hydrogen-bond donors (Lipinski definition) is 1. The third-order valence-electron chi connectivity index (χ3n) is 4.77. The molecule has 0 heterocycles. The van der Waals surface area contributed by atoms with Crippen molar-refractivity contribution in [2.24, 2.45) is 0 Å². The number of benzene rings is 3. The molecule has 0 saturated heterocycles.